The molecule has 2 rings (SSSR count). The van der Waals surface area contributed by atoms with Crippen molar-refractivity contribution in [2.24, 2.45) is 0 Å². The van der Waals surface area contributed by atoms with Crippen LogP contribution >= 0.6 is 0 Å². The quantitative estimate of drug-likeness (QED) is 0.580. The second-order valence-corrected chi connectivity index (χ2v) is 3.10. The van der Waals surface area contributed by atoms with Gasteiger partial charge in [-0.15, -0.1) is 0 Å². The molecule has 0 fully saturated rings. The van der Waals surface area contributed by atoms with E-state index in [9.17, 15) is 4.79 Å². The zero-order valence-corrected chi connectivity index (χ0v) is 7.38. The molecule has 1 aromatic heterocycles. The molecule has 1 aromatic rings. The fourth-order valence-electron chi connectivity index (χ4n) is 1.55. The normalized spacial score (nSPS) is 14.9. The Kier molecular flexibility index (Phi) is 1.25. The van der Waals surface area contributed by atoms with E-state index in [2.05, 4.69) is 4.98 Å². The van der Waals surface area contributed by atoms with Crippen molar-refractivity contribution in [1.29, 1.82) is 0 Å². The highest BCUT2D eigenvalue weighted by molar-refractivity contribution is 6.04. The molecule has 1 aliphatic heterocycles. The third-order valence-corrected chi connectivity index (χ3v) is 2.16. The molecule has 0 N–H and O–H groups in total. The van der Waals surface area contributed by atoms with Crippen molar-refractivity contribution in [1.82, 2.24) is 9.55 Å². The van der Waals surface area contributed by atoms with Crippen LogP contribution in [0.5, 0.6) is 0 Å². The van der Waals surface area contributed by atoms with Crippen molar-refractivity contribution in [2.45, 2.75) is 20.8 Å². The van der Waals surface area contributed by atoms with Crippen molar-refractivity contribution < 1.29 is 4.79 Å². The number of hydrogen-bond acceptors (Lipinski definition) is 2. The molecule has 0 spiro atoms. The number of rotatable bonds is 0. The maximum atomic E-state index is 11.5. The number of nitrogens with zero attached hydrogens (tertiary/aromatic N) is 2. The Labute approximate surface area is 70.7 Å². The summed E-state index contributed by atoms with van der Waals surface area (Å²) in [5.41, 5.74) is 2.66. The summed E-state index contributed by atoms with van der Waals surface area (Å²) >= 11 is 0. The molecule has 1 aliphatic rings. The highest BCUT2D eigenvalue weighted by Crippen LogP contribution is 2.22. The third kappa shape index (κ3) is 0.706. The molecular weight excluding hydrogens is 152 g/mol. The smallest absolute Gasteiger partial charge is 0.259 e. The van der Waals surface area contributed by atoms with E-state index in [1.807, 2.05) is 26.8 Å². The summed E-state index contributed by atoms with van der Waals surface area (Å²) in [5, 5.41) is 0. The summed E-state index contributed by atoms with van der Waals surface area (Å²) in [7, 11) is 0. The SMILES string of the molecule is CC1=Cc2c(C)nc(C)n2C1=O. The molecular formula is C9H10N2O. The summed E-state index contributed by atoms with van der Waals surface area (Å²) in [4.78, 5) is 15.7. The van der Waals surface area contributed by atoms with Gasteiger partial charge in [-0.25, -0.2) is 4.98 Å². The first-order valence-corrected chi connectivity index (χ1v) is 3.90. The van der Waals surface area contributed by atoms with E-state index in [1.165, 1.54) is 0 Å². The molecule has 0 atom stereocenters. The van der Waals surface area contributed by atoms with Gasteiger partial charge >= 0.3 is 0 Å². The van der Waals surface area contributed by atoms with E-state index in [0.717, 1.165) is 22.8 Å². The van der Waals surface area contributed by atoms with Crippen LogP contribution in [0.2, 0.25) is 0 Å². The predicted molar refractivity (Wildman–Crippen MR) is 46.0 cm³/mol. The van der Waals surface area contributed by atoms with E-state index in [4.69, 9.17) is 0 Å². The number of allylic oxidation sites excluding steroid dienone is 1. The first-order valence-electron chi connectivity index (χ1n) is 3.90. The summed E-state index contributed by atoms with van der Waals surface area (Å²) < 4.78 is 1.66. The number of carbonyl (C=O) groups excluding carboxylic acids is 1. The Bertz CT molecular complexity index is 399. The van der Waals surface area contributed by atoms with Crippen molar-refractivity contribution in [3.8, 4) is 0 Å². The first-order chi connectivity index (χ1) is 5.61. The van der Waals surface area contributed by atoms with Gasteiger partial charge in [-0.1, -0.05) is 0 Å². The predicted octanol–water partition coefficient (Wildman–Crippen LogP) is 1.56. The van der Waals surface area contributed by atoms with Crippen LogP contribution in [0.4, 0.5) is 0 Å². The van der Waals surface area contributed by atoms with Crippen LogP contribution < -0.4 is 0 Å². The minimum Gasteiger partial charge on any atom is -0.269 e. The minimum atomic E-state index is 0.0584. The molecule has 0 aromatic carbocycles. The standard InChI is InChI=1S/C9H10N2O/c1-5-4-8-6(2)10-7(3)11(8)9(5)12/h4H,1-3H3. The van der Waals surface area contributed by atoms with Gasteiger partial charge in [0.2, 0.25) is 0 Å². The van der Waals surface area contributed by atoms with Crippen LogP contribution in [0.1, 0.15) is 28.9 Å². The lowest BCUT2D eigenvalue weighted by Gasteiger charge is -1.96. The van der Waals surface area contributed by atoms with Gasteiger partial charge in [0, 0.05) is 5.57 Å². The van der Waals surface area contributed by atoms with Gasteiger partial charge in [0.1, 0.15) is 5.82 Å². The van der Waals surface area contributed by atoms with Gasteiger partial charge in [0.05, 0.1) is 11.4 Å². The van der Waals surface area contributed by atoms with Gasteiger partial charge in [0.25, 0.3) is 5.91 Å². The molecule has 2 heterocycles. The van der Waals surface area contributed by atoms with E-state index in [1.54, 1.807) is 4.57 Å². The topological polar surface area (TPSA) is 34.9 Å². The average molecular weight is 162 g/mol. The van der Waals surface area contributed by atoms with Crippen LogP contribution in [-0.2, 0) is 0 Å². The van der Waals surface area contributed by atoms with Gasteiger partial charge in [-0.2, -0.15) is 0 Å². The summed E-state index contributed by atoms with van der Waals surface area (Å²) in [6.07, 6.45) is 1.89. The fourth-order valence-corrected chi connectivity index (χ4v) is 1.55. The minimum absolute atomic E-state index is 0.0584. The third-order valence-electron chi connectivity index (χ3n) is 2.16. The van der Waals surface area contributed by atoms with Crippen LogP contribution in [0, 0.1) is 13.8 Å². The summed E-state index contributed by atoms with van der Waals surface area (Å²) in [6, 6.07) is 0. The maximum absolute atomic E-state index is 11.5. The summed E-state index contributed by atoms with van der Waals surface area (Å²) in [5.74, 6) is 0.837. The lowest BCUT2D eigenvalue weighted by atomic mass is 10.3. The molecule has 0 saturated carbocycles. The van der Waals surface area contributed by atoms with Gasteiger partial charge < -0.3 is 0 Å². The lowest BCUT2D eigenvalue weighted by molar-refractivity contribution is 0.0959. The highest BCUT2D eigenvalue weighted by atomic mass is 16.2. The van der Waals surface area contributed by atoms with Gasteiger partial charge in [-0.05, 0) is 26.8 Å². The zero-order valence-electron chi connectivity index (χ0n) is 7.38. The van der Waals surface area contributed by atoms with E-state index in [0.29, 0.717) is 0 Å². The number of aromatic nitrogens is 2. The van der Waals surface area contributed by atoms with Crippen LogP contribution in [0.15, 0.2) is 5.57 Å². The number of carbonyl (C=O) groups is 1. The van der Waals surface area contributed by atoms with E-state index in [-0.39, 0.29) is 5.91 Å². The van der Waals surface area contributed by atoms with E-state index < -0.39 is 0 Å². The van der Waals surface area contributed by atoms with Gasteiger partial charge in [-0.3, -0.25) is 9.36 Å². The number of fused-ring (bicyclic) bond motifs is 1. The van der Waals surface area contributed by atoms with Crippen molar-refractivity contribution in [3.05, 3.63) is 22.8 Å². The molecule has 0 amide bonds. The number of imidazole rings is 1. The Morgan fingerprint density at radius 1 is 1.33 bits per heavy atom. The molecule has 62 valence electrons. The monoisotopic (exact) mass is 162 g/mol. The molecule has 0 bridgehead atoms. The number of aryl methyl sites for hydroxylation is 2. The Morgan fingerprint density at radius 3 is 2.58 bits per heavy atom. The zero-order chi connectivity index (χ0) is 8.88. The van der Waals surface area contributed by atoms with Crippen LogP contribution in [0.25, 0.3) is 6.08 Å². The maximum Gasteiger partial charge on any atom is 0.259 e. The van der Waals surface area contributed by atoms with Crippen LogP contribution in [-0.4, -0.2) is 15.5 Å². The van der Waals surface area contributed by atoms with Crippen LogP contribution in [0.3, 0.4) is 0 Å². The molecule has 3 nitrogen and oxygen atoms in total. The molecule has 0 aliphatic carbocycles. The molecule has 0 unspecified atom stereocenters. The molecule has 0 saturated heterocycles. The Balaban J connectivity index is 2.74. The molecule has 3 heteroatoms. The van der Waals surface area contributed by atoms with Gasteiger partial charge in [0.15, 0.2) is 0 Å². The van der Waals surface area contributed by atoms with Crippen molar-refractivity contribution in [2.75, 3.05) is 0 Å². The summed E-state index contributed by atoms with van der Waals surface area (Å²) in [6.45, 7) is 5.59. The molecule has 12 heavy (non-hydrogen) atoms. The first kappa shape index (κ1) is 7.28. The average Bonchev–Trinajstić information content (AvgIpc) is 2.41. The van der Waals surface area contributed by atoms with Crippen molar-refractivity contribution >= 4 is 12.0 Å². The second-order valence-electron chi connectivity index (χ2n) is 3.10. The van der Waals surface area contributed by atoms with E-state index >= 15 is 0 Å². The fraction of sp³-hybridized carbons (Fsp3) is 0.333. The second kappa shape index (κ2) is 2.06. The molecule has 0 radical (unpaired) electrons. The van der Waals surface area contributed by atoms with Crippen molar-refractivity contribution in [3.63, 3.8) is 0 Å². The Morgan fingerprint density at radius 2 is 2.00 bits per heavy atom. The Hall–Kier alpha value is -1.38. The highest BCUT2D eigenvalue weighted by Gasteiger charge is 2.22. The number of hydrogen-bond donors (Lipinski definition) is 0. The largest absolute Gasteiger partial charge is 0.269 e. The lowest BCUT2D eigenvalue weighted by Crippen LogP contribution is -2.09.